The molecule has 1 aliphatic carbocycles. The number of nitrogens with zero attached hydrogens (tertiary/aromatic N) is 3. The highest BCUT2D eigenvalue weighted by atomic mass is 16.6. The van der Waals surface area contributed by atoms with Crippen molar-refractivity contribution in [2.24, 2.45) is 0 Å². The molecule has 1 aliphatic heterocycles. The van der Waals surface area contributed by atoms with Crippen LogP contribution in [0, 0.1) is 0 Å². The highest BCUT2D eigenvalue weighted by molar-refractivity contribution is 5.86. The van der Waals surface area contributed by atoms with Gasteiger partial charge < -0.3 is 23.7 Å². The zero-order chi connectivity index (χ0) is 26.7. The number of amides is 1. The Kier molecular flexibility index (Phi) is 10.8. The molecule has 38 heavy (non-hydrogen) atoms. The number of carbonyl (C=O) groups excluding carboxylic acids is 1. The van der Waals surface area contributed by atoms with E-state index in [2.05, 4.69) is 24.1 Å². The Hall–Kier alpha value is -2.66. The van der Waals surface area contributed by atoms with Crippen molar-refractivity contribution < 1.29 is 28.5 Å². The van der Waals surface area contributed by atoms with Gasteiger partial charge in [-0.1, -0.05) is 30.3 Å². The number of aromatic nitrogens is 2. The fourth-order valence-electron chi connectivity index (χ4n) is 5.27. The highest BCUT2D eigenvalue weighted by Crippen LogP contribution is 2.34. The average molecular weight is 531 g/mol. The third-order valence-electron chi connectivity index (χ3n) is 7.05. The molecule has 1 saturated heterocycles. The van der Waals surface area contributed by atoms with E-state index in [1.165, 1.54) is 0 Å². The van der Waals surface area contributed by atoms with E-state index in [1.807, 2.05) is 41.2 Å². The number of benzene rings is 1. The number of anilines is 1. The molecule has 0 spiro atoms. The van der Waals surface area contributed by atoms with E-state index in [9.17, 15) is 4.79 Å². The lowest BCUT2D eigenvalue weighted by atomic mass is 9.89. The van der Waals surface area contributed by atoms with Gasteiger partial charge in [0.15, 0.2) is 0 Å². The molecule has 1 saturated carbocycles. The average Bonchev–Trinajstić information content (AvgIpc) is 3.32. The van der Waals surface area contributed by atoms with Gasteiger partial charge in [0, 0.05) is 26.2 Å². The number of morpholine rings is 1. The summed E-state index contributed by atoms with van der Waals surface area (Å²) < 4.78 is 29.7. The van der Waals surface area contributed by atoms with Gasteiger partial charge in [-0.15, -0.1) is 5.10 Å². The SMILES string of the molecule is COCCOCCOc1nn(C2CCC(N3C[C@@H](C)O[C@@H](C)C3)CC2)cc1NC(=O)OCc1ccccc1. The van der Waals surface area contributed by atoms with Crippen LogP contribution < -0.4 is 10.1 Å². The Labute approximate surface area is 225 Å². The van der Waals surface area contributed by atoms with Crippen molar-refractivity contribution in [3.8, 4) is 5.88 Å². The van der Waals surface area contributed by atoms with Gasteiger partial charge in [0.05, 0.1) is 44.3 Å². The molecule has 2 aliphatic rings. The van der Waals surface area contributed by atoms with Crippen LogP contribution in [0.25, 0.3) is 0 Å². The first-order chi connectivity index (χ1) is 18.5. The lowest BCUT2D eigenvalue weighted by molar-refractivity contribution is -0.0852. The molecule has 10 heteroatoms. The molecule has 210 valence electrons. The van der Waals surface area contributed by atoms with Gasteiger partial charge in [-0.05, 0) is 45.1 Å². The predicted octanol–water partition coefficient (Wildman–Crippen LogP) is 4.27. The summed E-state index contributed by atoms with van der Waals surface area (Å²) in [5, 5.41) is 7.53. The molecule has 2 fully saturated rings. The standard InChI is InChI=1S/C28H42N4O6/c1-21-17-31(18-22(2)38-21)24-9-11-25(12-10-24)32-19-26(27(30-32)36-16-15-35-14-13-34-3)29-28(33)37-20-23-7-5-4-6-8-23/h4-8,19,21-22,24-25H,9-18,20H2,1-3H3,(H,29,33)/t21-,22+,24?,25?. The summed E-state index contributed by atoms with van der Waals surface area (Å²) in [7, 11) is 1.64. The van der Waals surface area contributed by atoms with Crippen LogP contribution in [-0.2, 0) is 25.6 Å². The molecule has 1 aromatic heterocycles. The molecule has 10 nitrogen and oxygen atoms in total. The van der Waals surface area contributed by atoms with Gasteiger partial charge in [0.1, 0.15) is 18.9 Å². The number of methoxy groups -OCH3 is 1. The lowest BCUT2D eigenvalue weighted by Crippen LogP contribution is -2.51. The molecular weight excluding hydrogens is 488 g/mol. The number of hydrogen-bond donors (Lipinski definition) is 1. The van der Waals surface area contributed by atoms with E-state index in [0.717, 1.165) is 44.3 Å². The molecule has 4 rings (SSSR count). The molecule has 2 atom stereocenters. The summed E-state index contributed by atoms with van der Waals surface area (Å²) in [5.74, 6) is 0.370. The van der Waals surface area contributed by atoms with Crippen molar-refractivity contribution in [3.05, 3.63) is 42.1 Å². The summed E-state index contributed by atoms with van der Waals surface area (Å²) in [6, 6.07) is 10.4. The molecule has 1 aromatic carbocycles. The van der Waals surface area contributed by atoms with Crippen LogP contribution in [-0.4, -0.2) is 85.7 Å². The third-order valence-corrected chi connectivity index (χ3v) is 7.05. The topological polar surface area (TPSA) is 96.3 Å². The second-order valence-corrected chi connectivity index (χ2v) is 10.1. The second-order valence-electron chi connectivity index (χ2n) is 10.1. The van der Waals surface area contributed by atoms with Crippen LogP contribution >= 0.6 is 0 Å². The van der Waals surface area contributed by atoms with E-state index in [0.29, 0.717) is 44.0 Å². The summed E-state index contributed by atoms with van der Waals surface area (Å²) in [6.07, 6.45) is 6.11. The zero-order valence-electron chi connectivity index (χ0n) is 22.8. The summed E-state index contributed by atoms with van der Waals surface area (Å²) in [5.41, 5.74) is 1.42. The fraction of sp³-hybridized carbons (Fsp3) is 0.643. The maximum atomic E-state index is 12.6. The first-order valence-electron chi connectivity index (χ1n) is 13.7. The molecule has 0 radical (unpaired) electrons. The first-order valence-corrected chi connectivity index (χ1v) is 13.7. The minimum absolute atomic E-state index is 0.188. The Morgan fingerprint density at radius 1 is 1.00 bits per heavy atom. The first kappa shape index (κ1) is 28.4. The van der Waals surface area contributed by atoms with Crippen molar-refractivity contribution in [3.63, 3.8) is 0 Å². The Balaban J connectivity index is 1.34. The summed E-state index contributed by atoms with van der Waals surface area (Å²) in [6.45, 7) is 8.21. The van der Waals surface area contributed by atoms with Crippen molar-refractivity contribution >= 4 is 11.8 Å². The smallest absolute Gasteiger partial charge is 0.412 e. The largest absolute Gasteiger partial charge is 0.473 e. The van der Waals surface area contributed by atoms with E-state index in [-0.39, 0.29) is 24.9 Å². The number of nitrogens with one attached hydrogen (secondary N) is 1. The summed E-state index contributed by atoms with van der Waals surface area (Å²) >= 11 is 0. The van der Waals surface area contributed by atoms with Crippen LogP contribution in [0.2, 0.25) is 0 Å². The van der Waals surface area contributed by atoms with E-state index in [4.69, 9.17) is 28.8 Å². The maximum absolute atomic E-state index is 12.6. The van der Waals surface area contributed by atoms with Crippen molar-refractivity contribution in [2.75, 3.05) is 51.9 Å². The van der Waals surface area contributed by atoms with Gasteiger partial charge in [-0.2, -0.15) is 0 Å². The van der Waals surface area contributed by atoms with Crippen LogP contribution in [0.1, 0.15) is 51.1 Å². The molecule has 0 unspecified atom stereocenters. The van der Waals surface area contributed by atoms with Crippen LogP contribution in [0.15, 0.2) is 36.5 Å². The third kappa shape index (κ3) is 8.42. The van der Waals surface area contributed by atoms with Gasteiger partial charge in [0.2, 0.25) is 0 Å². The minimum atomic E-state index is -0.547. The Bertz CT molecular complexity index is 969. The molecule has 0 bridgehead atoms. The quantitative estimate of drug-likeness (QED) is 0.407. The van der Waals surface area contributed by atoms with E-state index in [1.54, 1.807) is 7.11 Å². The van der Waals surface area contributed by atoms with Crippen molar-refractivity contribution in [2.45, 2.75) is 70.4 Å². The van der Waals surface area contributed by atoms with Crippen LogP contribution in [0.4, 0.5) is 10.5 Å². The van der Waals surface area contributed by atoms with Gasteiger partial charge in [0.25, 0.3) is 5.88 Å². The fourth-order valence-corrected chi connectivity index (χ4v) is 5.27. The molecule has 2 heterocycles. The zero-order valence-corrected chi connectivity index (χ0v) is 22.8. The normalized spacial score (nSPS) is 24.2. The van der Waals surface area contributed by atoms with Gasteiger partial charge in [-0.3, -0.25) is 14.9 Å². The lowest BCUT2D eigenvalue weighted by Gasteiger charge is -2.42. The number of carbonyl (C=O) groups is 1. The maximum Gasteiger partial charge on any atom is 0.412 e. The molecule has 2 aromatic rings. The van der Waals surface area contributed by atoms with Gasteiger partial charge in [-0.25, -0.2) is 4.79 Å². The molecule has 1 amide bonds. The highest BCUT2D eigenvalue weighted by Gasteiger charge is 2.32. The molecule has 1 N–H and O–H groups in total. The number of hydrogen-bond acceptors (Lipinski definition) is 8. The van der Waals surface area contributed by atoms with Crippen molar-refractivity contribution in [1.82, 2.24) is 14.7 Å². The minimum Gasteiger partial charge on any atom is -0.473 e. The van der Waals surface area contributed by atoms with E-state index < -0.39 is 6.09 Å². The Morgan fingerprint density at radius 2 is 1.68 bits per heavy atom. The number of ether oxygens (including phenoxy) is 5. The van der Waals surface area contributed by atoms with Crippen LogP contribution in [0.3, 0.4) is 0 Å². The monoisotopic (exact) mass is 530 g/mol. The van der Waals surface area contributed by atoms with Gasteiger partial charge >= 0.3 is 6.09 Å². The summed E-state index contributed by atoms with van der Waals surface area (Å²) in [4.78, 5) is 15.2. The van der Waals surface area contributed by atoms with Crippen molar-refractivity contribution in [1.29, 1.82) is 0 Å². The number of rotatable bonds is 12. The van der Waals surface area contributed by atoms with Crippen LogP contribution in [0.5, 0.6) is 5.88 Å². The molecular formula is C28H42N4O6. The second kappa shape index (κ2) is 14.5. The van der Waals surface area contributed by atoms with E-state index >= 15 is 0 Å². The predicted molar refractivity (Wildman–Crippen MR) is 144 cm³/mol. The Morgan fingerprint density at radius 3 is 2.39 bits per heavy atom.